The van der Waals surface area contributed by atoms with Crippen LogP contribution in [0.1, 0.15) is 60.1 Å². The topological polar surface area (TPSA) is 75.6 Å². The summed E-state index contributed by atoms with van der Waals surface area (Å²) in [6.45, 7) is 9.98. The average Bonchev–Trinajstić information content (AvgIpc) is 2.65. The molecule has 7 nitrogen and oxygen atoms in total. The van der Waals surface area contributed by atoms with Crippen LogP contribution in [0.15, 0.2) is 36.4 Å². The van der Waals surface area contributed by atoms with Gasteiger partial charge in [0.1, 0.15) is 17.0 Å². The van der Waals surface area contributed by atoms with Gasteiger partial charge in [-0.2, -0.15) is 0 Å². The zero-order valence-corrected chi connectivity index (χ0v) is 18.8. The van der Waals surface area contributed by atoms with Gasteiger partial charge in [-0.3, -0.25) is 14.6 Å². The van der Waals surface area contributed by atoms with E-state index in [1.165, 1.54) is 6.92 Å². The average molecular weight is 413 g/mol. The maximum atomic E-state index is 12.2. The Morgan fingerprint density at radius 1 is 0.867 bits per heavy atom. The fourth-order valence-corrected chi connectivity index (χ4v) is 2.83. The summed E-state index contributed by atoms with van der Waals surface area (Å²) in [6, 6.07) is 10.9. The normalized spacial score (nSPS) is 11.7. The van der Waals surface area contributed by atoms with E-state index in [1.54, 1.807) is 12.1 Å². The SMILES string of the molecule is CC(=O)c1cccc(CN(C)CCN(C)Cc2cccc(C(=O)OC(C)(C)C)n2)n1. The molecule has 0 bridgehead atoms. The van der Waals surface area contributed by atoms with Crippen molar-refractivity contribution < 1.29 is 14.3 Å². The van der Waals surface area contributed by atoms with Gasteiger partial charge in [0.15, 0.2) is 5.78 Å². The summed E-state index contributed by atoms with van der Waals surface area (Å²) in [4.78, 5) is 36.9. The van der Waals surface area contributed by atoms with Gasteiger partial charge in [-0.1, -0.05) is 12.1 Å². The Morgan fingerprint density at radius 2 is 1.33 bits per heavy atom. The van der Waals surface area contributed by atoms with Gasteiger partial charge in [-0.05, 0) is 59.1 Å². The third-order valence-corrected chi connectivity index (χ3v) is 4.31. The number of ether oxygens (including phenoxy) is 1. The number of likely N-dealkylation sites (N-methyl/N-ethyl adjacent to an activating group) is 2. The van der Waals surface area contributed by atoms with Gasteiger partial charge in [0.25, 0.3) is 0 Å². The van der Waals surface area contributed by atoms with E-state index >= 15 is 0 Å². The Bertz CT molecular complexity index is 877. The van der Waals surface area contributed by atoms with Gasteiger partial charge >= 0.3 is 5.97 Å². The lowest BCUT2D eigenvalue weighted by Gasteiger charge is -2.22. The Labute approximate surface area is 179 Å². The molecule has 0 spiro atoms. The number of ketones is 1. The summed E-state index contributed by atoms with van der Waals surface area (Å²) in [5.41, 5.74) is 1.96. The second-order valence-corrected chi connectivity index (χ2v) is 8.56. The van der Waals surface area contributed by atoms with Crippen LogP contribution < -0.4 is 0 Å². The lowest BCUT2D eigenvalue weighted by atomic mass is 10.2. The molecule has 0 N–H and O–H groups in total. The summed E-state index contributed by atoms with van der Waals surface area (Å²) >= 11 is 0. The first kappa shape index (κ1) is 23.6. The van der Waals surface area contributed by atoms with Gasteiger partial charge < -0.3 is 4.74 Å². The van der Waals surface area contributed by atoms with Crippen molar-refractivity contribution in [1.82, 2.24) is 19.8 Å². The van der Waals surface area contributed by atoms with Crippen molar-refractivity contribution in [2.75, 3.05) is 27.2 Å². The van der Waals surface area contributed by atoms with E-state index in [4.69, 9.17) is 4.74 Å². The van der Waals surface area contributed by atoms with E-state index in [0.717, 1.165) is 24.5 Å². The molecule has 7 heteroatoms. The second-order valence-electron chi connectivity index (χ2n) is 8.56. The number of hydrogen-bond donors (Lipinski definition) is 0. The minimum absolute atomic E-state index is 0.0275. The summed E-state index contributed by atoms with van der Waals surface area (Å²) in [7, 11) is 4.04. The van der Waals surface area contributed by atoms with Gasteiger partial charge in [-0.15, -0.1) is 0 Å². The zero-order chi connectivity index (χ0) is 22.3. The molecule has 2 rings (SSSR count). The predicted molar refractivity (Wildman–Crippen MR) is 116 cm³/mol. The number of Topliss-reactive ketones (excluding diaryl/α,β-unsaturated/α-hetero) is 1. The lowest BCUT2D eigenvalue weighted by Crippen LogP contribution is -2.31. The molecule has 2 heterocycles. The molecule has 0 unspecified atom stereocenters. The third kappa shape index (κ3) is 8.00. The van der Waals surface area contributed by atoms with E-state index in [1.807, 2.05) is 59.1 Å². The number of carbonyl (C=O) groups is 2. The molecule has 0 aliphatic heterocycles. The Balaban J connectivity index is 1.86. The van der Waals surface area contributed by atoms with E-state index < -0.39 is 11.6 Å². The van der Waals surface area contributed by atoms with Crippen LogP contribution in [-0.4, -0.2) is 64.3 Å². The van der Waals surface area contributed by atoms with E-state index in [0.29, 0.717) is 24.5 Å². The lowest BCUT2D eigenvalue weighted by molar-refractivity contribution is 0.00622. The van der Waals surface area contributed by atoms with Crippen molar-refractivity contribution in [3.8, 4) is 0 Å². The summed E-state index contributed by atoms with van der Waals surface area (Å²) < 4.78 is 5.39. The highest BCUT2D eigenvalue weighted by molar-refractivity contribution is 5.92. The highest BCUT2D eigenvalue weighted by Crippen LogP contribution is 2.12. The van der Waals surface area contributed by atoms with Crippen LogP contribution in [0.4, 0.5) is 0 Å². The standard InChI is InChI=1S/C23H32N4O3/c1-17(28)20-11-7-9-18(24-20)15-26(5)13-14-27(6)16-19-10-8-12-21(25-19)22(29)30-23(2,3)4/h7-12H,13-16H2,1-6H3. The first-order valence-corrected chi connectivity index (χ1v) is 10.1. The number of hydrogen-bond acceptors (Lipinski definition) is 7. The van der Waals surface area contributed by atoms with Crippen molar-refractivity contribution in [2.45, 2.75) is 46.4 Å². The molecular weight excluding hydrogens is 380 g/mol. The van der Waals surface area contributed by atoms with Crippen LogP contribution in [0, 0.1) is 0 Å². The van der Waals surface area contributed by atoms with Gasteiger partial charge in [-0.25, -0.2) is 14.8 Å². The Hall–Kier alpha value is -2.64. The molecule has 2 aromatic rings. The number of rotatable bonds is 9. The molecule has 30 heavy (non-hydrogen) atoms. The number of esters is 1. The molecule has 0 fully saturated rings. The fraction of sp³-hybridized carbons (Fsp3) is 0.478. The fourth-order valence-electron chi connectivity index (χ4n) is 2.83. The van der Waals surface area contributed by atoms with Crippen molar-refractivity contribution in [3.05, 3.63) is 59.2 Å². The summed E-state index contributed by atoms with van der Waals surface area (Å²) in [5.74, 6) is -0.438. The third-order valence-electron chi connectivity index (χ3n) is 4.31. The molecule has 2 aromatic heterocycles. The van der Waals surface area contributed by atoms with E-state index in [9.17, 15) is 9.59 Å². The zero-order valence-electron chi connectivity index (χ0n) is 18.8. The molecular formula is C23H32N4O3. The molecule has 0 saturated heterocycles. The molecule has 0 aromatic carbocycles. The number of nitrogens with zero attached hydrogens (tertiary/aromatic N) is 4. The summed E-state index contributed by atoms with van der Waals surface area (Å²) in [6.07, 6.45) is 0. The smallest absolute Gasteiger partial charge is 0.357 e. The summed E-state index contributed by atoms with van der Waals surface area (Å²) in [5, 5.41) is 0. The molecule has 0 radical (unpaired) electrons. The largest absolute Gasteiger partial charge is 0.455 e. The van der Waals surface area contributed by atoms with Gasteiger partial charge in [0, 0.05) is 33.1 Å². The van der Waals surface area contributed by atoms with Crippen LogP contribution in [0.25, 0.3) is 0 Å². The number of aromatic nitrogens is 2. The van der Waals surface area contributed by atoms with Crippen LogP contribution in [-0.2, 0) is 17.8 Å². The van der Waals surface area contributed by atoms with Gasteiger partial charge in [0.05, 0.1) is 11.4 Å². The van der Waals surface area contributed by atoms with E-state index in [-0.39, 0.29) is 5.78 Å². The quantitative estimate of drug-likeness (QED) is 0.462. The molecule has 0 atom stereocenters. The van der Waals surface area contributed by atoms with Crippen LogP contribution in [0.3, 0.4) is 0 Å². The highest BCUT2D eigenvalue weighted by Gasteiger charge is 2.19. The first-order valence-electron chi connectivity index (χ1n) is 10.1. The monoisotopic (exact) mass is 412 g/mol. The number of carbonyl (C=O) groups excluding carboxylic acids is 2. The van der Waals surface area contributed by atoms with Crippen molar-refractivity contribution in [2.24, 2.45) is 0 Å². The first-order chi connectivity index (χ1) is 14.0. The van der Waals surface area contributed by atoms with Crippen LogP contribution in [0.5, 0.6) is 0 Å². The number of pyridine rings is 2. The minimum atomic E-state index is -0.547. The predicted octanol–water partition coefficient (Wildman–Crippen LogP) is 3.20. The van der Waals surface area contributed by atoms with Crippen molar-refractivity contribution >= 4 is 11.8 Å². The Kier molecular flexibility index (Phi) is 8.20. The highest BCUT2D eigenvalue weighted by atomic mass is 16.6. The second kappa shape index (κ2) is 10.4. The van der Waals surface area contributed by atoms with Crippen LogP contribution >= 0.6 is 0 Å². The molecule has 162 valence electrons. The molecule has 0 aliphatic carbocycles. The van der Waals surface area contributed by atoms with Gasteiger partial charge in [0.2, 0.25) is 0 Å². The molecule has 0 amide bonds. The van der Waals surface area contributed by atoms with E-state index in [2.05, 4.69) is 19.8 Å². The van der Waals surface area contributed by atoms with Crippen molar-refractivity contribution in [1.29, 1.82) is 0 Å². The van der Waals surface area contributed by atoms with Crippen LogP contribution in [0.2, 0.25) is 0 Å². The van der Waals surface area contributed by atoms with Crippen molar-refractivity contribution in [3.63, 3.8) is 0 Å². The minimum Gasteiger partial charge on any atom is -0.455 e. The Morgan fingerprint density at radius 3 is 1.80 bits per heavy atom. The maximum Gasteiger partial charge on any atom is 0.357 e. The molecule has 0 aliphatic rings. The maximum absolute atomic E-state index is 12.2. The molecule has 0 saturated carbocycles.